The first kappa shape index (κ1) is 15.7. The van der Waals surface area contributed by atoms with Gasteiger partial charge in [0.05, 0.1) is 12.1 Å². The van der Waals surface area contributed by atoms with Crippen molar-refractivity contribution in [3.05, 3.63) is 59.8 Å². The molecule has 4 rings (SSSR count). The first-order valence-electron chi connectivity index (χ1n) is 8.27. The van der Waals surface area contributed by atoms with Crippen molar-refractivity contribution < 1.29 is 14.6 Å². The molecule has 1 saturated heterocycles. The minimum atomic E-state index is -1.03. The van der Waals surface area contributed by atoms with Crippen molar-refractivity contribution in [2.45, 2.75) is 11.8 Å². The molecular weight excluding hydrogens is 318 g/mol. The van der Waals surface area contributed by atoms with E-state index in [9.17, 15) is 9.90 Å². The maximum atomic E-state index is 11.3. The number of ether oxygens (including phenoxy) is 1. The van der Waals surface area contributed by atoms with E-state index in [2.05, 4.69) is 27.6 Å². The number of aromatic carboxylic acids is 1. The highest BCUT2D eigenvalue weighted by Crippen LogP contribution is 2.33. The smallest absolute Gasteiger partial charge is 0.357 e. The van der Waals surface area contributed by atoms with Gasteiger partial charge >= 0.3 is 5.97 Å². The molecule has 25 heavy (non-hydrogen) atoms. The van der Waals surface area contributed by atoms with E-state index in [1.165, 1.54) is 5.56 Å². The Bertz CT molecular complexity index is 899. The third-order valence-electron chi connectivity index (χ3n) is 4.89. The Morgan fingerprint density at radius 2 is 2.12 bits per heavy atom. The van der Waals surface area contributed by atoms with Crippen molar-refractivity contribution in [1.82, 2.24) is 10.2 Å². The van der Waals surface area contributed by atoms with Gasteiger partial charge in [0.2, 0.25) is 0 Å². The molecular formula is C19H19N3O3. The number of carbonyl (C=O) groups is 1. The molecule has 1 aromatic heterocycles. The Morgan fingerprint density at radius 1 is 1.28 bits per heavy atom. The molecule has 0 radical (unpaired) electrons. The predicted molar refractivity (Wildman–Crippen MR) is 95.1 cm³/mol. The Balaban J connectivity index is 1.60. The fourth-order valence-electron chi connectivity index (χ4n) is 3.43. The molecule has 1 aliphatic heterocycles. The first-order valence-corrected chi connectivity index (χ1v) is 8.27. The lowest BCUT2D eigenvalue weighted by Gasteiger charge is -2.29. The molecule has 6 nitrogen and oxygen atoms in total. The highest BCUT2D eigenvalue weighted by molar-refractivity contribution is 6.01. The molecule has 2 heterocycles. The van der Waals surface area contributed by atoms with E-state index in [0.29, 0.717) is 17.5 Å². The monoisotopic (exact) mass is 337 g/mol. The Kier molecular flexibility index (Phi) is 3.89. The summed E-state index contributed by atoms with van der Waals surface area (Å²) in [6.45, 7) is 2.15. The van der Waals surface area contributed by atoms with Crippen molar-refractivity contribution in [2.24, 2.45) is 0 Å². The fraction of sp³-hybridized carbons (Fsp3) is 0.263. The molecule has 2 aromatic carbocycles. The highest BCUT2D eigenvalue weighted by atomic mass is 16.5. The van der Waals surface area contributed by atoms with E-state index < -0.39 is 5.97 Å². The minimum absolute atomic E-state index is 0.0422. The summed E-state index contributed by atoms with van der Waals surface area (Å²) >= 11 is 0. The van der Waals surface area contributed by atoms with E-state index in [-0.39, 0.29) is 11.1 Å². The minimum Gasteiger partial charge on any atom is -0.476 e. The summed E-state index contributed by atoms with van der Waals surface area (Å²) in [5, 5.41) is 19.9. The van der Waals surface area contributed by atoms with Crippen LogP contribution in [0.15, 0.2) is 48.5 Å². The van der Waals surface area contributed by atoms with Gasteiger partial charge in [-0.2, -0.15) is 5.10 Å². The predicted octanol–water partition coefficient (Wildman–Crippen LogP) is 3.03. The summed E-state index contributed by atoms with van der Waals surface area (Å²) in [5.74, 6) is -1.03. The maximum absolute atomic E-state index is 11.3. The number of nitrogens with zero attached hydrogens (tertiary/aromatic N) is 1. The van der Waals surface area contributed by atoms with Gasteiger partial charge in [-0.15, -0.1) is 0 Å². The number of nitrogens with one attached hydrogen (secondary N) is 2. The van der Waals surface area contributed by atoms with Crippen LogP contribution in [0.5, 0.6) is 0 Å². The lowest BCUT2D eigenvalue weighted by molar-refractivity contribution is 0.0692. The number of hydrogen-bond acceptors (Lipinski definition) is 4. The van der Waals surface area contributed by atoms with E-state index in [4.69, 9.17) is 4.74 Å². The van der Waals surface area contributed by atoms with Crippen molar-refractivity contribution in [3.63, 3.8) is 0 Å². The van der Waals surface area contributed by atoms with Crippen LogP contribution < -0.4 is 5.32 Å². The Labute approximate surface area is 144 Å². The highest BCUT2D eigenvalue weighted by Gasteiger charge is 2.36. The molecule has 0 amide bonds. The molecule has 0 spiro atoms. The maximum Gasteiger partial charge on any atom is 0.357 e. The zero-order valence-corrected chi connectivity index (χ0v) is 13.7. The van der Waals surface area contributed by atoms with Crippen LogP contribution in [0.3, 0.4) is 0 Å². The van der Waals surface area contributed by atoms with Crippen LogP contribution in [0.4, 0.5) is 5.69 Å². The van der Waals surface area contributed by atoms with Crippen LogP contribution in [-0.4, -0.2) is 41.0 Å². The zero-order chi connectivity index (χ0) is 17.3. The van der Waals surface area contributed by atoms with Crippen LogP contribution in [0.25, 0.3) is 10.9 Å². The van der Waals surface area contributed by atoms with Gasteiger partial charge in [-0.25, -0.2) is 4.79 Å². The molecule has 128 valence electrons. The van der Waals surface area contributed by atoms with Crippen LogP contribution in [-0.2, 0) is 10.2 Å². The average molecular weight is 337 g/mol. The normalized spacial score (nSPS) is 20.0. The van der Waals surface area contributed by atoms with Gasteiger partial charge in [-0.3, -0.25) is 5.10 Å². The average Bonchev–Trinajstić information content (AvgIpc) is 3.28. The molecule has 1 fully saturated rings. The summed E-state index contributed by atoms with van der Waals surface area (Å²) in [6, 6.07) is 16.0. The van der Waals surface area contributed by atoms with Crippen molar-refractivity contribution in [1.29, 1.82) is 0 Å². The van der Waals surface area contributed by atoms with E-state index in [1.807, 2.05) is 36.4 Å². The van der Waals surface area contributed by atoms with Gasteiger partial charge in [0.1, 0.15) is 0 Å². The van der Waals surface area contributed by atoms with Crippen LogP contribution in [0.1, 0.15) is 22.5 Å². The van der Waals surface area contributed by atoms with Gasteiger partial charge < -0.3 is 15.2 Å². The molecule has 0 bridgehead atoms. The molecule has 6 heteroatoms. The van der Waals surface area contributed by atoms with Gasteiger partial charge in [0.25, 0.3) is 0 Å². The first-order chi connectivity index (χ1) is 12.2. The van der Waals surface area contributed by atoms with Crippen LogP contribution in [0, 0.1) is 0 Å². The second kappa shape index (κ2) is 6.22. The summed E-state index contributed by atoms with van der Waals surface area (Å²) in [7, 11) is 0. The summed E-state index contributed by atoms with van der Waals surface area (Å²) in [4.78, 5) is 11.3. The molecule has 0 aliphatic carbocycles. The third kappa shape index (κ3) is 2.85. The number of H-pyrrole nitrogens is 1. The van der Waals surface area contributed by atoms with Gasteiger partial charge in [-0.05, 0) is 30.2 Å². The lowest BCUT2D eigenvalue weighted by atomic mass is 9.79. The number of carboxylic acids is 1. The lowest BCUT2D eigenvalue weighted by Crippen LogP contribution is -2.34. The zero-order valence-electron chi connectivity index (χ0n) is 13.7. The molecule has 3 N–H and O–H groups in total. The van der Waals surface area contributed by atoms with E-state index in [0.717, 1.165) is 25.3 Å². The van der Waals surface area contributed by atoms with E-state index >= 15 is 0 Å². The van der Waals surface area contributed by atoms with Gasteiger partial charge in [-0.1, -0.05) is 30.3 Å². The number of rotatable bonds is 5. The summed E-state index contributed by atoms with van der Waals surface area (Å²) in [5.41, 5.74) is 2.82. The van der Waals surface area contributed by atoms with Crippen LogP contribution >= 0.6 is 0 Å². The molecule has 3 aromatic rings. The molecule has 1 atom stereocenters. The number of anilines is 1. The summed E-state index contributed by atoms with van der Waals surface area (Å²) < 4.78 is 5.68. The number of aromatic amines is 1. The molecule has 1 aliphatic rings. The Hall–Kier alpha value is -2.86. The van der Waals surface area contributed by atoms with Gasteiger partial charge in [0, 0.05) is 29.6 Å². The quantitative estimate of drug-likeness (QED) is 0.666. The SMILES string of the molecule is O=C(O)c1n[nH]c2ccc(NCC3(c4ccccc4)CCOC3)cc12. The molecule has 1 unspecified atom stereocenters. The second-order valence-corrected chi connectivity index (χ2v) is 6.44. The number of hydrogen-bond donors (Lipinski definition) is 3. The van der Waals surface area contributed by atoms with Crippen molar-refractivity contribution in [2.75, 3.05) is 25.1 Å². The van der Waals surface area contributed by atoms with Crippen LogP contribution in [0.2, 0.25) is 0 Å². The number of benzene rings is 2. The van der Waals surface area contributed by atoms with Crippen molar-refractivity contribution >= 4 is 22.6 Å². The Morgan fingerprint density at radius 3 is 2.84 bits per heavy atom. The third-order valence-corrected chi connectivity index (χ3v) is 4.89. The number of fused-ring (bicyclic) bond motifs is 1. The van der Waals surface area contributed by atoms with Gasteiger partial charge in [0.15, 0.2) is 5.69 Å². The number of aromatic nitrogens is 2. The summed E-state index contributed by atoms with van der Waals surface area (Å²) in [6.07, 6.45) is 0.957. The largest absolute Gasteiger partial charge is 0.476 e. The number of carboxylic acid groups (broad SMARTS) is 1. The fourth-order valence-corrected chi connectivity index (χ4v) is 3.43. The molecule has 0 saturated carbocycles. The second-order valence-electron chi connectivity index (χ2n) is 6.44. The standard InChI is InChI=1S/C19H19N3O3/c23-18(24)17-15-10-14(6-7-16(15)21-22-17)20-11-19(8-9-25-12-19)13-4-2-1-3-5-13/h1-7,10,20H,8-9,11-12H2,(H,21,22)(H,23,24). The van der Waals surface area contributed by atoms with Crippen molar-refractivity contribution in [3.8, 4) is 0 Å². The topological polar surface area (TPSA) is 87.2 Å². The van der Waals surface area contributed by atoms with E-state index in [1.54, 1.807) is 0 Å².